The summed E-state index contributed by atoms with van der Waals surface area (Å²) in [4.78, 5) is 2.33. The lowest BCUT2D eigenvalue weighted by molar-refractivity contribution is 0.199. The number of hydrogen-bond donors (Lipinski definition) is 3. The van der Waals surface area contributed by atoms with Gasteiger partial charge in [0.2, 0.25) is 0 Å². The fourth-order valence-corrected chi connectivity index (χ4v) is 3.90. The Labute approximate surface area is 164 Å². The van der Waals surface area contributed by atoms with Crippen LogP contribution in [0, 0.1) is 0 Å². The van der Waals surface area contributed by atoms with Crippen LogP contribution in [0.1, 0.15) is 31.4 Å². The van der Waals surface area contributed by atoms with Gasteiger partial charge >= 0.3 is 0 Å². The van der Waals surface area contributed by atoms with E-state index in [0.29, 0.717) is 22.9 Å². The highest BCUT2D eigenvalue weighted by Crippen LogP contribution is 2.36. The molecule has 0 saturated carbocycles. The monoisotopic (exact) mass is 378 g/mol. The smallest absolute Gasteiger partial charge is 0.156 e. The summed E-state index contributed by atoms with van der Waals surface area (Å²) in [5.41, 5.74) is 1.91. The summed E-state index contributed by atoms with van der Waals surface area (Å²) in [6.07, 6.45) is 1.65. The molecule has 0 spiro atoms. The van der Waals surface area contributed by atoms with E-state index in [1.54, 1.807) is 25.1 Å². The van der Waals surface area contributed by atoms with E-state index < -0.39 is 6.10 Å². The Bertz CT molecular complexity index is 989. The number of rotatable bonds is 4. The summed E-state index contributed by atoms with van der Waals surface area (Å²) in [7, 11) is 2.14. The Morgan fingerprint density at radius 3 is 2.64 bits per heavy atom. The molecule has 0 amide bonds. The predicted molar refractivity (Wildman–Crippen MR) is 111 cm³/mol. The zero-order valence-electron chi connectivity index (χ0n) is 16.3. The third kappa shape index (κ3) is 3.66. The Hall–Kier alpha value is -2.70. The van der Waals surface area contributed by atoms with Gasteiger partial charge in [-0.05, 0) is 51.1 Å². The number of fused-ring (bicyclic) bond motifs is 1. The molecule has 4 rings (SSSR count). The van der Waals surface area contributed by atoms with E-state index in [-0.39, 0.29) is 5.75 Å². The molecule has 2 atom stereocenters. The second-order valence-corrected chi connectivity index (χ2v) is 7.64. The van der Waals surface area contributed by atoms with Crippen molar-refractivity contribution in [3.63, 3.8) is 0 Å². The minimum atomic E-state index is -0.636. The summed E-state index contributed by atoms with van der Waals surface area (Å²) in [6, 6.07) is 13.5. The lowest BCUT2D eigenvalue weighted by Gasteiger charge is -2.30. The van der Waals surface area contributed by atoms with Gasteiger partial charge in [0, 0.05) is 28.9 Å². The summed E-state index contributed by atoms with van der Waals surface area (Å²) < 4.78 is 0. The zero-order valence-corrected chi connectivity index (χ0v) is 16.3. The molecule has 2 aromatic carbocycles. The van der Waals surface area contributed by atoms with Crippen molar-refractivity contribution < 1.29 is 10.2 Å². The van der Waals surface area contributed by atoms with Crippen LogP contribution < -0.4 is 5.32 Å². The van der Waals surface area contributed by atoms with E-state index in [1.165, 1.54) is 6.42 Å². The van der Waals surface area contributed by atoms with Crippen LogP contribution in [0.2, 0.25) is 0 Å². The van der Waals surface area contributed by atoms with Gasteiger partial charge in [-0.15, -0.1) is 10.2 Å². The number of benzene rings is 2. The maximum Gasteiger partial charge on any atom is 0.156 e. The van der Waals surface area contributed by atoms with Crippen molar-refractivity contribution in [2.45, 2.75) is 31.9 Å². The first-order valence-electron chi connectivity index (χ1n) is 9.75. The van der Waals surface area contributed by atoms with E-state index in [1.807, 2.05) is 24.3 Å². The van der Waals surface area contributed by atoms with Crippen molar-refractivity contribution in [2.24, 2.45) is 0 Å². The molecule has 0 aliphatic carbocycles. The van der Waals surface area contributed by atoms with E-state index >= 15 is 0 Å². The van der Waals surface area contributed by atoms with E-state index in [2.05, 4.69) is 27.5 Å². The molecule has 1 aliphatic heterocycles. The molecule has 1 aliphatic rings. The standard InChI is InChI=1S/C22H26N4O2/c1-14(27)15-9-10-19(20(28)12-15)21-17-7-3-4-8-18(17)22(25-24-21)23-16-6-5-11-26(2)13-16/h3-4,7-10,12,14,16,27-28H,5-6,11,13H2,1-2H3,(H,23,25). The average Bonchev–Trinajstić information content (AvgIpc) is 2.68. The van der Waals surface area contributed by atoms with Gasteiger partial charge in [0.05, 0.1) is 6.10 Å². The number of aliphatic hydroxyl groups is 1. The molecule has 0 radical (unpaired) electrons. The number of aromatic nitrogens is 2. The van der Waals surface area contributed by atoms with Crippen molar-refractivity contribution in [3.05, 3.63) is 48.0 Å². The number of phenols is 1. The van der Waals surface area contributed by atoms with Gasteiger partial charge in [0.25, 0.3) is 0 Å². The third-order valence-corrected chi connectivity index (χ3v) is 5.41. The molecule has 1 aromatic heterocycles. The van der Waals surface area contributed by atoms with Gasteiger partial charge in [-0.3, -0.25) is 0 Å². The highest BCUT2D eigenvalue weighted by atomic mass is 16.3. The molecular formula is C22H26N4O2. The van der Waals surface area contributed by atoms with E-state index in [0.717, 1.165) is 36.1 Å². The Morgan fingerprint density at radius 2 is 1.93 bits per heavy atom. The van der Waals surface area contributed by atoms with Crippen LogP contribution in [0.3, 0.4) is 0 Å². The number of likely N-dealkylation sites (tertiary alicyclic amines) is 1. The van der Waals surface area contributed by atoms with Gasteiger partial charge in [-0.2, -0.15) is 0 Å². The van der Waals surface area contributed by atoms with Crippen LogP contribution in [0.15, 0.2) is 42.5 Å². The topological polar surface area (TPSA) is 81.5 Å². The van der Waals surface area contributed by atoms with Gasteiger partial charge < -0.3 is 20.4 Å². The second-order valence-electron chi connectivity index (χ2n) is 7.64. The van der Waals surface area contributed by atoms with Crippen LogP contribution in [-0.2, 0) is 0 Å². The van der Waals surface area contributed by atoms with Gasteiger partial charge in [0.1, 0.15) is 11.4 Å². The van der Waals surface area contributed by atoms with Crippen LogP contribution in [0.4, 0.5) is 5.82 Å². The molecule has 6 nitrogen and oxygen atoms in total. The maximum absolute atomic E-state index is 10.5. The number of likely N-dealkylation sites (N-methyl/N-ethyl adjacent to an activating group) is 1. The normalized spacial score (nSPS) is 18.9. The molecule has 3 N–H and O–H groups in total. The first kappa shape index (κ1) is 18.7. The molecule has 2 unspecified atom stereocenters. The van der Waals surface area contributed by atoms with Gasteiger partial charge in [-0.1, -0.05) is 30.3 Å². The van der Waals surface area contributed by atoms with Crippen LogP contribution in [0.5, 0.6) is 5.75 Å². The molecular weight excluding hydrogens is 352 g/mol. The van der Waals surface area contributed by atoms with Crippen LogP contribution in [-0.4, -0.2) is 51.5 Å². The fourth-order valence-electron chi connectivity index (χ4n) is 3.90. The largest absolute Gasteiger partial charge is 0.507 e. The SMILES string of the molecule is CC(O)c1ccc(-c2nnc(NC3CCCN(C)C3)c3ccccc23)c(O)c1. The highest BCUT2D eigenvalue weighted by molar-refractivity contribution is 6.00. The summed E-state index contributed by atoms with van der Waals surface area (Å²) >= 11 is 0. The van der Waals surface area contributed by atoms with Gasteiger partial charge in [0.15, 0.2) is 5.82 Å². The molecule has 1 fully saturated rings. The molecule has 28 heavy (non-hydrogen) atoms. The van der Waals surface area contributed by atoms with Crippen LogP contribution in [0.25, 0.3) is 22.0 Å². The number of phenolic OH excluding ortho intramolecular Hbond substituents is 1. The number of hydrogen-bond acceptors (Lipinski definition) is 6. The van der Waals surface area contributed by atoms with Crippen molar-refractivity contribution in [1.82, 2.24) is 15.1 Å². The van der Waals surface area contributed by atoms with Gasteiger partial charge in [-0.25, -0.2) is 0 Å². The average molecular weight is 378 g/mol. The first-order chi connectivity index (χ1) is 13.5. The molecule has 0 bridgehead atoms. The maximum atomic E-state index is 10.5. The summed E-state index contributed by atoms with van der Waals surface area (Å²) in [5, 5.41) is 34.6. The fraction of sp³-hybridized carbons (Fsp3) is 0.364. The van der Waals surface area contributed by atoms with E-state index in [9.17, 15) is 10.2 Å². The second kappa shape index (κ2) is 7.73. The quantitative estimate of drug-likeness (QED) is 0.644. The zero-order chi connectivity index (χ0) is 19.7. The van der Waals surface area contributed by atoms with Crippen molar-refractivity contribution in [2.75, 3.05) is 25.5 Å². The predicted octanol–water partition coefficient (Wildman–Crippen LogP) is 3.56. The minimum absolute atomic E-state index is 0.0902. The number of anilines is 1. The third-order valence-electron chi connectivity index (χ3n) is 5.41. The Balaban J connectivity index is 1.74. The Morgan fingerprint density at radius 1 is 1.14 bits per heavy atom. The number of aromatic hydroxyl groups is 1. The molecule has 3 aromatic rings. The number of nitrogens with one attached hydrogen (secondary N) is 1. The molecule has 146 valence electrons. The lowest BCUT2D eigenvalue weighted by atomic mass is 10.0. The summed E-state index contributed by atoms with van der Waals surface area (Å²) in [6.45, 7) is 3.79. The number of piperidine rings is 1. The number of nitrogens with zero attached hydrogens (tertiary/aromatic N) is 3. The minimum Gasteiger partial charge on any atom is -0.507 e. The molecule has 2 heterocycles. The molecule has 1 saturated heterocycles. The molecule has 6 heteroatoms. The van der Waals surface area contributed by atoms with Crippen LogP contribution >= 0.6 is 0 Å². The summed E-state index contributed by atoms with van der Waals surface area (Å²) in [5.74, 6) is 0.868. The highest BCUT2D eigenvalue weighted by Gasteiger charge is 2.20. The number of aliphatic hydroxyl groups excluding tert-OH is 1. The lowest BCUT2D eigenvalue weighted by Crippen LogP contribution is -2.40. The van der Waals surface area contributed by atoms with E-state index in [4.69, 9.17) is 0 Å². The first-order valence-corrected chi connectivity index (χ1v) is 9.75. The van der Waals surface area contributed by atoms with Crippen molar-refractivity contribution in [3.8, 4) is 17.0 Å². The van der Waals surface area contributed by atoms with Crippen molar-refractivity contribution >= 4 is 16.6 Å². The van der Waals surface area contributed by atoms with Crippen molar-refractivity contribution in [1.29, 1.82) is 0 Å². The Kier molecular flexibility index (Phi) is 5.15.